The highest BCUT2D eigenvalue weighted by atomic mass is 32.2. The Hall–Kier alpha value is -2.54. The third kappa shape index (κ3) is 5.79. The van der Waals surface area contributed by atoms with E-state index in [1.807, 2.05) is 19.9 Å². The van der Waals surface area contributed by atoms with E-state index < -0.39 is 10.0 Å². The summed E-state index contributed by atoms with van der Waals surface area (Å²) >= 11 is 0. The first-order chi connectivity index (χ1) is 11.8. The van der Waals surface area contributed by atoms with E-state index in [-0.39, 0.29) is 17.8 Å². The van der Waals surface area contributed by atoms with E-state index in [1.165, 1.54) is 0 Å². The molecule has 0 aliphatic heterocycles. The minimum atomic E-state index is -3.33. The minimum absolute atomic E-state index is 0.00989. The molecule has 0 heterocycles. The van der Waals surface area contributed by atoms with Crippen LogP contribution >= 0.6 is 0 Å². The Morgan fingerprint density at radius 1 is 1.08 bits per heavy atom. The number of anilines is 2. The van der Waals surface area contributed by atoms with Crippen LogP contribution in [0.15, 0.2) is 48.5 Å². The zero-order valence-electron chi connectivity index (χ0n) is 14.4. The summed E-state index contributed by atoms with van der Waals surface area (Å²) in [4.78, 5) is 12.3. The summed E-state index contributed by atoms with van der Waals surface area (Å²) in [7, 11) is -3.33. The fourth-order valence-electron chi connectivity index (χ4n) is 2.06. The minimum Gasteiger partial charge on any atom is -0.491 e. The molecule has 7 heteroatoms. The lowest BCUT2D eigenvalue weighted by molar-refractivity contribution is 0.102. The van der Waals surface area contributed by atoms with E-state index in [1.54, 1.807) is 49.4 Å². The molecule has 0 aromatic heterocycles. The van der Waals surface area contributed by atoms with Crippen LogP contribution in [0.1, 0.15) is 31.1 Å². The largest absolute Gasteiger partial charge is 0.491 e. The quantitative estimate of drug-likeness (QED) is 0.790. The molecule has 6 nitrogen and oxygen atoms in total. The number of benzene rings is 2. The van der Waals surface area contributed by atoms with Crippen molar-refractivity contribution < 1.29 is 17.9 Å². The van der Waals surface area contributed by atoms with Gasteiger partial charge in [0.25, 0.3) is 5.91 Å². The van der Waals surface area contributed by atoms with Crippen LogP contribution in [0.2, 0.25) is 0 Å². The Bertz CT molecular complexity index is 830. The Morgan fingerprint density at radius 2 is 1.76 bits per heavy atom. The third-order valence-electron chi connectivity index (χ3n) is 3.26. The Labute approximate surface area is 148 Å². The molecule has 0 aliphatic rings. The van der Waals surface area contributed by atoms with Gasteiger partial charge in [-0.15, -0.1) is 0 Å². The molecule has 25 heavy (non-hydrogen) atoms. The number of sulfonamides is 1. The van der Waals surface area contributed by atoms with Gasteiger partial charge in [-0.3, -0.25) is 9.52 Å². The molecule has 2 aromatic rings. The van der Waals surface area contributed by atoms with Crippen molar-refractivity contribution in [1.82, 2.24) is 0 Å². The van der Waals surface area contributed by atoms with E-state index in [9.17, 15) is 13.2 Å². The summed E-state index contributed by atoms with van der Waals surface area (Å²) in [6.45, 7) is 5.42. The lowest BCUT2D eigenvalue weighted by Gasteiger charge is -2.12. The van der Waals surface area contributed by atoms with Crippen LogP contribution in [0.4, 0.5) is 11.4 Å². The third-order valence-corrected chi connectivity index (χ3v) is 4.57. The van der Waals surface area contributed by atoms with Gasteiger partial charge in [-0.05, 0) is 57.2 Å². The number of carbonyl (C=O) groups is 1. The van der Waals surface area contributed by atoms with E-state index in [0.717, 1.165) is 0 Å². The normalized spacial score (nSPS) is 11.2. The van der Waals surface area contributed by atoms with Crippen LogP contribution in [0.3, 0.4) is 0 Å². The second-order valence-corrected chi connectivity index (χ2v) is 7.74. The van der Waals surface area contributed by atoms with Crippen LogP contribution in [-0.4, -0.2) is 26.2 Å². The topological polar surface area (TPSA) is 84.5 Å². The summed E-state index contributed by atoms with van der Waals surface area (Å²) < 4.78 is 31.1. The number of hydrogen-bond donors (Lipinski definition) is 2. The molecule has 134 valence electrons. The number of nitrogens with one attached hydrogen (secondary N) is 2. The van der Waals surface area contributed by atoms with Gasteiger partial charge >= 0.3 is 0 Å². The maximum Gasteiger partial charge on any atom is 0.255 e. The predicted molar refractivity (Wildman–Crippen MR) is 99.7 cm³/mol. The second kappa shape index (κ2) is 8.02. The molecule has 0 aliphatic carbocycles. The summed E-state index contributed by atoms with van der Waals surface area (Å²) in [6, 6.07) is 13.4. The molecule has 2 N–H and O–H groups in total. The fourth-order valence-corrected chi connectivity index (χ4v) is 2.70. The van der Waals surface area contributed by atoms with Crippen molar-refractivity contribution in [1.29, 1.82) is 0 Å². The highest BCUT2D eigenvalue weighted by Crippen LogP contribution is 2.20. The van der Waals surface area contributed by atoms with E-state index >= 15 is 0 Å². The standard InChI is InChI=1S/C18H22N2O4S/c1-4-25(22,23)20-15-10-8-14(9-11-15)18(21)19-16-6-5-7-17(12-16)24-13(2)3/h5-13,20H,4H2,1-3H3,(H,19,21). The molecule has 0 radical (unpaired) electrons. The van der Waals surface area contributed by atoms with E-state index in [4.69, 9.17) is 4.74 Å². The number of hydrogen-bond acceptors (Lipinski definition) is 4. The summed E-state index contributed by atoms with van der Waals surface area (Å²) in [5.41, 5.74) is 1.47. The van der Waals surface area contributed by atoms with Gasteiger partial charge in [0.05, 0.1) is 11.9 Å². The summed E-state index contributed by atoms with van der Waals surface area (Å²) in [5.74, 6) is 0.382. The number of ether oxygens (including phenoxy) is 1. The molecule has 0 atom stereocenters. The predicted octanol–water partition coefficient (Wildman–Crippen LogP) is 3.49. The van der Waals surface area contributed by atoms with Gasteiger partial charge in [0.2, 0.25) is 10.0 Å². The van der Waals surface area contributed by atoms with Crippen LogP contribution in [0.5, 0.6) is 5.75 Å². The number of rotatable bonds is 7. The SMILES string of the molecule is CCS(=O)(=O)Nc1ccc(C(=O)Nc2cccc(OC(C)C)c2)cc1. The molecule has 0 unspecified atom stereocenters. The fraction of sp³-hybridized carbons (Fsp3) is 0.278. The molecule has 0 bridgehead atoms. The second-order valence-electron chi connectivity index (χ2n) is 5.73. The molecule has 0 fully saturated rings. The first-order valence-corrected chi connectivity index (χ1v) is 9.63. The summed E-state index contributed by atoms with van der Waals surface area (Å²) in [5, 5.41) is 2.79. The van der Waals surface area contributed by atoms with Crippen molar-refractivity contribution in [2.75, 3.05) is 15.8 Å². The molecule has 0 saturated carbocycles. The van der Waals surface area contributed by atoms with Gasteiger partial charge in [-0.25, -0.2) is 8.42 Å². The van der Waals surface area contributed by atoms with E-state index in [2.05, 4.69) is 10.0 Å². The van der Waals surface area contributed by atoms with Crippen LogP contribution < -0.4 is 14.8 Å². The van der Waals surface area contributed by atoms with Gasteiger partial charge in [0.15, 0.2) is 0 Å². The Kier molecular flexibility index (Phi) is 6.03. The monoisotopic (exact) mass is 362 g/mol. The van der Waals surface area contributed by atoms with Gasteiger partial charge in [-0.2, -0.15) is 0 Å². The number of amides is 1. The first-order valence-electron chi connectivity index (χ1n) is 7.97. The lowest BCUT2D eigenvalue weighted by atomic mass is 10.2. The van der Waals surface area contributed by atoms with Crippen molar-refractivity contribution in [3.8, 4) is 5.75 Å². The molecular weight excluding hydrogens is 340 g/mol. The highest BCUT2D eigenvalue weighted by molar-refractivity contribution is 7.92. The summed E-state index contributed by atoms with van der Waals surface area (Å²) in [6.07, 6.45) is 0.0467. The Balaban J connectivity index is 2.06. The van der Waals surface area contributed by atoms with Crippen LogP contribution in [-0.2, 0) is 10.0 Å². The van der Waals surface area contributed by atoms with Crippen LogP contribution in [0.25, 0.3) is 0 Å². The van der Waals surface area contributed by atoms with E-state index in [0.29, 0.717) is 22.7 Å². The van der Waals surface area contributed by atoms with Crippen molar-refractivity contribution in [2.45, 2.75) is 26.9 Å². The maximum absolute atomic E-state index is 12.3. The van der Waals surface area contributed by atoms with Crippen LogP contribution in [0, 0.1) is 0 Å². The zero-order valence-corrected chi connectivity index (χ0v) is 15.3. The van der Waals surface area contributed by atoms with Gasteiger partial charge in [-0.1, -0.05) is 6.07 Å². The number of carbonyl (C=O) groups excluding carboxylic acids is 1. The molecule has 0 spiro atoms. The molecule has 2 aromatic carbocycles. The smallest absolute Gasteiger partial charge is 0.255 e. The average molecular weight is 362 g/mol. The van der Waals surface area contributed by atoms with Gasteiger partial charge < -0.3 is 10.1 Å². The highest BCUT2D eigenvalue weighted by Gasteiger charge is 2.10. The molecular formula is C18H22N2O4S. The zero-order chi connectivity index (χ0) is 18.4. The van der Waals surface area contributed by atoms with Crippen molar-refractivity contribution in [2.24, 2.45) is 0 Å². The lowest BCUT2D eigenvalue weighted by Crippen LogP contribution is -2.15. The van der Waals surface area contributed by atoms with Crippen molar-refractivity contribution in [3.05, 3.63) is 54.1 Å². The first kappa shape index (κ1) is 18.8. The maximum atomic E-state index is 12.3. The average Bonchev–Trinajstić information content (AvgIpc) is 2.55. The van der Waals surface area contributed by atoms with Gasteiger partial charge in [0.1, 0.15) is 5.75 Å². The van der Waals surface area contributed by atoms with Gasteiger partial charge in [0, 0.05) is 23.0 Å². The van der Waals surface area contributed by atoms with Crippen molar-refractivity contribution >= 4 is 27.3 Å². The van der Waals surface area contributed by atoms with Crippen molar-refractivity contribution in [3.63, 3.8) is 0 Å². The molecule has 0 saturated heterocycles. The Morgan fingerprint density at radius 3 is 2.36 bits per heavy atom. The molecule has 1 amide bonds. The molecule has 2 rings (SSSR count).